The molecule has 0 saturated heterocycles. The number of rotatable bonds is 0. The Balaban J connectivity index is 1.68. The van der Waals surface area contributed by atoms with Crippen LogP contribution in [-0.2, 0) is 4.79 Å². The molecule has 0 heterocycles. The van der Waals surface area contributed by atoms with Gasteiger partial charge in [0.25, 0.3) is 0 Å². The van der Waals surface area contributed by atoms with Crippen LogP contribution in [0.25, 0.3) is 0 Å². The Labute approximate surface area is 134 Å². The van der Waals surface area contributed by atoms with E-state index in [1.807, 2.05) is 0 Å². The lowest BCUT2D eigenvalue weighted by Gasteiger charge is -2.59. The summed E-state index contributed by atoms with van der Waals surface area (Å²) in [5, 5.41) is 9.45. The third-order valence-corrected chi connectivity index (χ3v) is 8.38. The first kappa shape index (κ1) is 14.8. The second-order valence-corrected chi connectivity index (χ2v) is 9.05. The summed E-state index contributed by atoms with van der Waals surface area (Å²) in [5.41, 5.74) is 1.04. The van der Waals surface area contributed by atoms with Crippen LogP contribution in [0.5, 0.6) is 0 Å². The summed E-state index contributed by atoms with van der Waals surface area (Å²) in [7, 11) is 0. The minimum absolute atomic E-state index is 0.187. The minimum Gasteiger partial charge on any atom is -0.515 e. The zero-order valence-electron chi connectivity index (χ0n) is 14.1. The van der Waals surface area contributed by atoms with Gasteiger partial charge >= 0.3 is 0 Å². The summed E-state index contributed by atoms with van der Waals surface area (Å²) in [6.07, 6.45) is 12.6. The van der Waals surface area contributed by atoms with Crippen LogP contribution in [0, 0.1) is 34.5 Å². The fraction of sp³-hybridized carbons (Fsp3) is 0.850. The van der Waals surface area contributed by atoms with E-state index in [2.05, 4.69) is 13.8 Å². The molecular weight excluding hydrogens is 272 g/mol. The number of aliphatic hydroxyl groups excluding tert-OH is 1. The molecule has 0 radical (unpaired) electrons. The summed E-state index contributed by atoms with van der Waals surface area (Å²) in [4.78, 5) is 12.7. The van der Waals surface area contributed by atoms with Crippen LogP contribution in [-0.4, -0.2) is 10.9 Å². The number of Topliss-reactive ketones (excluding diaryl/α,β-unsaturated/α-hetero) is 1. The van der Waals surface area contributed by atoms with E-state index < -0.39 is 0 Å². The largest absolute Gasteiger partial charge is 0.515 e. The average molecular weight is 302 g/mol. The Hall–Kier alpha value is -0.790. The van der Waals surface area contributed by atoms with Gasteiger partial charge in [0.1, 0.15) is 0 Å². The van der Waals surface area contributed by atoms with E-state index in [-0.39, 0.29) is 11.2 Å². The van der Waals surface area contributed by atoms with Crippen LogP contribution in [0.15, 0.2) is 11.8 Å². The molecule has 0 bridgehead atoms. The topological polar surface area (TPSA) is 37.3 Å². The normalized spacial score (nSPS) is 53.0. The average Bonchev–Trinajstić information content (AvgIpc) is 2.78. The van der Waals surface area contributed by atoms with Gasteiger partial charge in [-0.15, -0.1) is 0 Å². The van der Waals surface area contributed by atoms with Crippen molar-refractivity contribution in [1.29, 1.82) is 0 Å². The van der Waals surface area contributed by atoms with Gasteiger partial charge < -0.3 is 5.11 Å². The molecule has 0 aromatic heterocycles. The molecule has 0 aliphatic heterocycles. The van der Waals surface area contributed by atoms with Crippen molar-refractivity contribution < 1.29 is 9.90 Å². The number of ketones is 1. The van der Waals surface area contributed by atoms with Gasteiger partial charge in [-0.05, 0) is 74.0 Å². The van der Waals surface area contributed by atoms with Gasteiger partial charge in [-0.3, -0.25) is 4.79 Å². The van der Waals surface area contributed by atoms with Crippen molar-refractivity contribution in [3.8, 4) is 0 Å². The summed E-state index contributed by atoms with van der Waals surface area (Å²) < 4.78 is 0. The zero-order chi connectivity index (χ0) is 15.5. The van der Waals surface area contributed by atoms with Crippen LogP contribution in [0.3, 0.4) is 0 Å². The lowest BCUT2D eigenvalue weighted by atomic mass is 9.45. The maximum Gasteiger partial charge on any atom is 0.168 e. The zero-order valence-corrected chi connectivity index (χ0v) is 14.1. The second-order valence-electron chi connectivity index (χ2n) is 9.05. The van der Waals surface area contributed by atoms with Crippen LogP contribution in [0.2, 0.25) is 0 Å². The van der Waals surface area contributed by atoms with E-state index in [0.717, 1.165) is 30.9 Å². The number of carbonyl (C=O) groups is 1. The van der Waals surface area contributed by atoms with Gasteiger partial charge in [0, 0.05) is 11.0 Å². The van der Waals surface area contributed by atoms with Crippen molar-refractivity contribution in [3.05, 3.63) is 11.8 Å². The summed E-state index contributed by atoms with van der Waals surface area (Å²) >= 11 is 0. The molecule has 6 atom stereocenters. The number of allylic oxidation sites excluding steroid dienone is 1. The standard InChI is InChI=1S/C20H30O2/c1-19-9-4-3-5-14(19)6-7-15-16(19)8-10-20(2)17(15)11-13(12-21)18(20)22/h12,14-17,21H,3-11H2,1-2H3/b13-12+/t14-,15?,16?,17?,19?,20?/m1/s1. The molecule has 4 aliphatic rings. The third kappa shape index (κ3) is 1.76. The Morgan fingerprint density at radius 1 is 1.05 bits per heavy atom. The highest BCUT2D eigenvalue weighted by molar-refractivity contribution is 6.02. The lowest BCUT2D eigenvalue weighted by molar-refractivity contribution is -0.137. The molecule has 0 amide bonds. The summed E-state index contributed by atoms with van der Waals surface area (Å²) in [6, 6.07) is 0. The maximum atomic E-state index is 12.7. The molecular formula is C20H30O2. The Kier molecular flexibility index (Phi) is 3.26. The predicted octanol–water partition coefficient (Wildman–Crippen LogP) is 5.04. The predicted molar refractivity (Wildman–Crippen MR) is 87.4 cm³/mol. The first-order valence-corrected chi connectivity index (χ1v) is 9.39. The maximum absolute atomic E-state index is 12.7. The van der Waals surface area contributed by atoms with Crippen LogP contribution >= 0.6 is 0 Å². The summed E-state index contributed by atoms with van der Waals surface area (Å²) in [6.45, 7) is 4.75. The molecule has 2 heteroatoms. The van der Waals surface area contributed by atoms with Gasteiger partial charge in [0.15, 0.2) is 5.78 Å². The number of carbonyl (C=O) groups excluding carboxylic acids is 1. The van der Waals surface area contributed by atoms with Crippen molar-refractivity contribution in [1.82, 2.24) is 0 Å². The summed E-state index contributed by atoms with van der Waals surface area (Å²) in [5.74, 6) is 3.18. The highest BCUT2D eigenvalue weighted by atomic mass is 16.2. The lowest BCUT2D eigenvalue weighted by Crippen LogP contribution is -2.52. The van der Waals surface area contributed by atoms with Gasteiger partial charge in [-0.25, -0.2) is 0 Å². The molecule has 0 aromatic carbocycles. The quantitative estimate of drug-likeness (QED) is 0.503. The van der Waals surface area contributed by atoms with E-state index in [4.69, 9.17) is 0 Å². The Bertz CT molecular complexity index is 522. The first-order valence-electron chi connectivity index (χ1n) is 9.39. The molecule has 2 nitrogen and oxygen atoms in total. The van der Waals surface area contributed by atoms with Gasteiger partial charge in [-0.1, -0.05) is 26.7 Å². The SMILES string of the molecule is CC12CCC3C(CC[C@H]4CCCCC34C)C1C/C(=C\O)C2=O. The minimum atomic E-state index is -0.187. The van der Waals surface area contributed by atoms with Crippen molar-refractivity contribution in [3.63, 3.8) is 0 Å². The number of aliphatic hydroxyl groups is 1. The van der Waals surface area contributed by atoms with E-state index in [1.165, 1.54) is 44.9 Å². The molecule has 4 rings (SSSR count). The van der Waals surface area contributed by atoms with Gasteiger partial charge in [-0.2, -0.15) is 0 Å². The highest BCUT2D eigenvalue weighted by Crippen LogP contribution is 2.65. The van der Waals surface area contributed by atoms with E-state index in [0.29, 0.717) is 22.8 Å². The van der Waals surface area contributed by atoms with Crippen molar-refractivity contribution in [2.24, 2.45) is 34.5 Å². The number of hydrogen-bond donors (Lipinski definition) is 1. The Morgan fingerprint density at radius 3 is 2.64 bits per heavy atom. The van der Waals surface area contributed by atoms with Crippen molar-refractivity contribution >= 4 is 5.78 Å². The molecule has 122 valence electrons. The highest BCUT2D eigenvalue weighted by Gasteiger charge is 2.60. The Morgan fingerprint density at radius 2 is 1.86 bits per heavy atom. The molecule has 4 saturated carbocycles. The molecule has 1 N–H and O–H groups in total. The van der Waals surface area contributed by atoms with Crippen LogP contribution in [0.4, 0.5) is 0 Å². The fourth-order valence-corrected chi connectivity index (χ4v) is 7.08. The monoisotopic (exact) mass is 302 g/mol. The second kappa shape index (κ2) is 4.85. The van der Waals surface area contributed by atoms with E-state index in [9.17, 15) is 9.90 Å². The number of hydrogen-bond acceptors (Lipinski definition) is 2. The molecule has 0 spiro atoms. The van der Waals surface area contributed by atoms with Crippen molar-refractivity contribution in [2.75, 3.05) is 0 Å². The van der Waals surface area contributed by atoms with Crippen molar-refractivity contribution in [2.45, 2.75) is 71.6 Å². The van der Waals surface area contributed by atoms with Gasteiger partial charge in [0.2, 0.25) is 0 Å². The number of fused-ring (bicyclic) bond motifs is 5. The van der Waals surface area contributed by atoms with E-state index >= 15 is 0 Å². The molecule has 4 aliphatic carbocycles. The fourth-order valence-electron chi connectivity index (χ4n) is 7.08. The first-order chi connectivity index (χ1) is 10.5. The van der Waals surface area contributed by atoms with Crippen LogP contribution < -0.4 is 0 Å². The molecule has 22 heavy (non-hydrogen) atoms. The van der Waals surface area contributed by atoms with Gasteiger partial charge in [0.05, 0.1) is 6.26 Å². The molecule has 4 fully saturated rings. The molecule has 0 aromatic rings. The van der Waals surface area contributed by atoms with E-state index in [1.54, 1.807) is 0 Å². The third-order valence-electron chi connectivity index (χ3n) is 8.38. The molecule has 5 unspecified atom stereocenters. The van der Waals surface area contributed by atoms with Crippen LogP contribution in [0.1, 0.15) is 71.6 Å². The smallest absolute Gasteiger partial charge is 0.168 e.